The summed E-state index contributed by atoms with van der Waals surface area (Å²) in [6, 6.07) is 0. The fourth-order valence-electron chi connectivity index (χ4n) is 1.79. The van der Waals surface area contributed by atoms with Crippen LogP contribution in [0.3, 0.4) is 0 Å². The van der Waals surface area contributed by atoms with E-state index in [1.165, 1.54) is 0 Å². The first-order valence-corrected chi connectivity index (χ1v) is 5.40. The van der Waals surface area contributed by atoms with E-state index in [0.717, 1.165) is 19.3 Å². The molecule has 0 bridgehead atoms. The van der Waals surface area contributed by atoms with E-state index in [1.54, 1.807) is 13.8 Å². The minimum absolute atomic E-state index is 0.481. The first-order chi connectivity index (χ1) is 6.45. The summed E-state index contributed by atoms with van der Waals surface area (Å²) in [7, 11) is 0. The molecule has 0 saturated heterocycles. The Morgan fingerprint density at radius 2 is 1.93 bits per heavy atom. The summed E-state index contributed by atoms with van der Waals surface area (Å²) in [6.07, 6.45) is 4.08. The summed E-state index contributed by atoms with van der Waals surface area (Å²) in [4.78, 5) is 10.8. The average Bonchev–Trinajstić information content (AvgIpc) is 2.04. The molecule has 2 atom stereocenters. The highest BCUT2D eigenvalue weighted by Crippen LogP contribution is 2.26. The maximum atomic E-state index is 10.8. The molecule has 0 heterocycles. The molecule has 0 aromatic rings. The third kappa shape index (κ3) is 4.09. The third-order valence-electron chi connectivity index (χ3n) is 2.74. The Hall–Kier alpha value is -0.570. The normalized spacial score (nSPS) is 17.4. The minimum atomic E-state index is -1.06. The molecule has 2 N–H and O–H groups in total. The zero-order valence-electron chi connectivity index (χ0n) is 9.42. The van der Waals surface area contributed by atoms with Gasteiger partial charge in [-0.15, -0.1) is 0 Å². The molecule has 0 rings (SSSR count). The first-order valence-electron chi connectivity index (χ1n) is 5.40. The molecular weight excluding hydrogens is 180 g/mol. The Bertz CT molecular complexity index is 175. The van der Waals surface area contributed by atoms with Crippen LogP contribution in [-0.4, -0.2) is 21.8 Å². The first kappa shape index (κ1) is 13.4. The number of aliphatic hydroxyl groups is 1. The fraction of sp³-hybridized carbons (Fsp3) is 0.909. The van der Waals surface area contributed by atoms with Gasteiger partial charge < -0.3 is 10.2 Å². The Morgan fingerprint density at radius 3 is 2.29 bits per heavy atom. The van der Waals surface area contributed by atoms with Crippen molar-refractivity contribution in [2.75, 3.05) is 0 Å². The molecule has 0 radical (unpaired) electrons. The van der Waals surface area contributed by atoms with Crippen molar-refractivity contribution in [2.24, 2.45) is 5.92 Å². The molecular formula is C11H22O3. The molecule has 0 aliphatic heterocycles. The second-order valence-corrected chi connectivity index (χ2v) is 4.11. The number of carbonyl (C=O) groups is 1. The Labute approximate surface area is 86.1 Å². The van der Waals surface area contributed by atoms with Crippen LogP contribution < -0.4 is 0 Å². The van der Waals surface area contributed by atoms with Crippen LogP contribution in [0.2, 0.25) is 0 Å². The van der Waals surface area contributed by atoms with Crippen LogP contribution in [0.1, 0.15) is 52.9 Å². The second kappa shape index (κ2) is 6.02. The summed E-state index contributed by atoms with van der Waals surface area (Å²) >= 11 is 0. The van der Waals surface area contributed by atoms with Crippen molar-refractivity contribution < 1.29 is 15.0 Å². The van der Waals surface area contributed by atoms with Crippen LogP contribution in [0, 0.1) is 5.92 Å². The maximum Gasteiger partial charge on any atom is 0.309 e. The van der Waals surface area contributed by atoms with Gasteiger partial charge in [0.25, 0.3) is 0 Å². The van der Waals surface area contributed by atoms with Gasteiger partial charge in [-0.25, -0.2) is 0 Å². The summed E-state index contributed by atoms with van der Waals surface area (Å²) in [5.74, 6) is -1.53. The molecule has 84 valence electrons. The van der Waals surface area contributed by atoms with Crippen molar-refractivity contribution >= 4 is 5.97 Å². The van der Waals surface area contributed by atoms with Gasteiger partial charge in [0.15, 0.2) is 0 Å². The third-order valence-corrected chi connectivity index (χ3v) is 2.74. The Balaban J connectivity index is 4.18. The van der Waals surface area contributed by atoms with E-state index in [2.05, 4.69) is 6.92 Å². The highest BCUT2D eigenvalue weighted by atomic mass is 16.4. The Morgan fingerprint density at radius 1 is 1.36 bits per heavy atom. The monoisotopic (exact) mass is 202 g/mol. The highest BCUT2D eigenvalue weighted by molar-refractivity contribution is 5.71. The van der Waals surface area contributed by atoms with Gasteiger partial charge in [-0.05, 0) is 19.8 Å². The number of unbranched alkanes of at least 4 members (excludes halogenated alkanes) is 2. The van der Waals surface area contributed by atoms with E-state index in [-0.39, 0.29) is 0 Å². The number of carboxylic acid groups (broad SMARTS) is 1. The fourth-order valence-corrected chi connectivity index (χ4v) is 1.79. The summed E-state index contributed by atoms with van der Waals surface area (Å²) in [5, 5.41) is 18.9. The second-order valence-electron chi connectivity index (χ2n) is 4.11. The van der Waals surface area contributed by atoms with Crippen LogP contribution in [-0.2, 0) is 4.79 Å². The predicted octanol–water partition coefficient (Wildman–Crippen LogP) is 2.43. The van der Waals surface area contributed by atoms with Gasteiger partial charge in [-0.3, -0.25) is 4.79 Å². The standard InChI is InChI=1S/C11H22O3/c1-4-6-7-8-11(3,14)9(5-2)10(12)13/h9,14H,4-8H2,1-3H3,(H,12,13). The maximum absolute atomic E-state index is 10.8. The Kier molecular flexibility index (Phi) is 5.77. The van der Waals surface area contributed by atoms with Crippen molar-refractivity contribution in [1.82, 2.24) is 0 Å². The van der Waals surface area contributed by atoms with Crippen LogP contribution in [0.15, 0.2) is 0 Å². The molecule has 0 aliphatic rings. The van der Waals surface area contributed by atoms with Crippen LogP contribution in [0.4, 0.5) is 0 Å². The van der Waals surface area contributed by atoms with Gasteiger partial charge >= 0.3 is 5.97 Å². The van der Waals surface area contributed by atoms with Gasteiger partial charge in [-0.2, -0.15) is 0 Å². The molecule has 3 heteroatoms. The molecule has 0 fully saturated rings. The largest absolute Gasteiger partial charge is 0.481 e. The molecule has 2 unspecified atom stereocenters. The summed E-state index contributed by atoms with van der Waals surface area (Å²) < 4.78 is 0. The van der Waals surface area contributed by atoms with Gasteiger partial charge in [0.05, 0.1) is 11.5 Å². The smallest absolute Gasteiger partial charge is 0.309 e. The van der Waals surface area contributed by atoms with E-state index in [0.29, 0.717) is 12.8 Å². The number of hydrogen-bond acceptors (Lipinski definition) is 2. The van der Waals surface area contributed by atoms with Crippen molar-refractivity contribution in [1.29, 1.82) is 0 Å². The molecule has 0 aromatic carbocycles. The number of aliphatic carboxylic acids is 1. The number of carboxylic acids is 1. The molecule has 0 spiro atoms. The van der Waals surface area contributed by atoms with E-state index in [1.807, 2.05) is 0 Å². The van der Waals surface area contributed by atoms with E-state index in [4.69, 9.17) is 5.11 Å². The topological polar surface area (TPSA) is 57.5 Å². The number of rotatable bonds is 7. The van der Waals surface area contributed by atoms with Crippen molar-refractivity contribution in [3.63, 3.8) is 0 Å². The molecule has 0 saturated carbocycles. The lowest BCUT2D eigenvalue weighted by Gasteiger charge is -2.29. The van der Waals surface area contributed by atoms with E-state index in [9.17, 15) is 9.90 Å². The van der Waals surface area contributed by atoms with E-state index < -0.39 is 17.5 Å². The quantitative estimate of drug-likeness (QED) is 0.623. The van der Waals surface area contributed by atoms with Gasteiger partial charge in [0.1, 0.15) is 0 Å². The summed E-state index contributed by atoms with van der Waals surface area (Å²) in [6.45, 7) is 5.52. The summed E-state index contributed by atoms with van der Waals surface area (Å²) in [5.41, 5.74) is -1.06. The lowest BCUT2D eigenvalue weighted by Crippen LogP contribution is -2.39. The zero-order valence-corrected chi connectivity index (χ0v) is 9.42. The molecule has 14 heavy (non-hydrogen) atoms. The molecule has 0 aromatic heterocycles. The van der Waals surface area contributed by atoms with Gasteiger partial charge in [0, 0.05) is 0 Å². The minimum Gasteiger partial charge on any atom is -0.481 e. The predicted molar refractivity (Wildman–Crippen MR) is 56.2 cm³/mol. The highest BCUT2D eigenvalue weighted by Gasteiger charge is 2.35. The lowest BCUT2D eigenvalue weighted by molar-refractivity contribution is -0.151. The van der Waals surface area contributed by atoms with Crippen molar-refractivity contribution in [2.45, 2.75) is 58.5 Å². The van der Waals surface area contributed by atoms with Gasteiger partial charge in [0.2, 0.25) is 0 Å². The molecule has 3 nitrogen and oxygen atoms in total. The molecule has 0 amide bonds. The van der Waals surface area contributed by atoms with Crippen LogP contribution >= 0.6 is 0 Å². The zero-order chi connectivity index (χ0) is 11.2. The van der Waals surface area contributed by atoms with Gasteiger partial charge in [-0.1, -0.05) is 33.1 Å². The van der Waals surface area contributed by atoms with E-state index >= 15 is 0 Å². The number of hydrogen-bond donors (Lipinski definition) is 2. The van der Waals surface area contributed by atoms with Crippen LogP contribution in [0.5, 0.6) is 0 Å². The van der Waals surface area contributed by atoms with Crippen LogP contribution in [0.25, 0.3) is 0 Å². The van der Waals surface area contributed by atoms with Crippen molar-refractivity contribution in [3.8, 4) is 0 Å². The SMILES string of the molecule is CCCCCC(C)(O)C(CC)C(=O)O. The molecule has 0 aliphatic carbocycles. The van der Waals surface area contributed by atoms with Crippen molar-refractivity contribution in [3.05, 3.63) is 0 Å². The average molecular weight is 202 g/mol. The lowest BCUT2D eigenvalue weighted by atomic mass is 9.83.